The fourth-order valence-electron chi connectivity index (χ4n) is 3.39. The van der Waals surface area contributed by atoms with Gasteiger partial charge < -0.3 is 9.64 Å². The quantitative estimate of drug-likeness (QED) is 0.570. The predicted octanol–water partition coefficient (Wildman–Crippen LogP) is 1.84. The number of nitrogens with one attached hydrogen (secondary N) is 1. The van der Waals surface area contributed by atoms with E-state index in [0.717, 1.165) is 24.5 Å². The Morgan fingerprint density at radius 3 is 2.54 bits per heavy atom. The molecule has 1 aromatic rings. The lowest BCUT2D eigenvalue weighted by atomic mass is 10.1. The molecule has 0 aromatic heterocycles. The molecule has 1 N–H and O–H groups in total. The first-order chi connectivity index (χ1) is 13.6. The molecule has 2 aliphatic rings. The minimum Gasteiger partial charge on any atom is -0.494 e. The highest BCUT2D eigenvalue weighted by molar-refractivity contribution is 6.32. The van der Waals surface area contributed by atoms with Crippen LogP contribution in [0.1, 0.15) is 26.2 Å². The van der Waals surface area contributed by atoms with Crippen LogP contribution in [0.4, 0.5) is 10.5 Å². The number of barbiturate groups is 1. The molecule has 150 valence electrons. The molecule has 1 atom stereocenters. The lowest BCUT2D eigenvalue weighted by Crippen LogP contribution is -2.58. The molecule has 3 rings (SSSR count). The molecule has 2 saturated heterocycles. The van der Waals surface area contributed by atoms with Crippen molar-refractivity contribution in [1.82, 2.24) is 10.2 Å². The van der Waals surface area contributed by atoms with Gasteiger partial charge in [-0.15, -0.1) is 0 Å². The van der Waals surface area contributed by atoms with Gasteiger partial charge in [0.25, 0.3) is 5.91 Å². The van der Waals surface area contributed by atoms with Crippen LogP contribution in [0.15, 0.2) is 29.3 Å². The van der Waals surface area contributed by atoms with Crippen LogP contribution in [0.3, 0.4) is 0 Å². The number of hydrogen-bond donors (Lipinski definition) is 1. The van der Waals surface area contributed by atoms with E-state index in [0.29, 0.717) is 24.6 Å². The summed E-state index contributed by atoms with van der Waals surface area (Å²) < 4.78 is 5.37. The zero-order valence-corrected chi connectivity index (χ0v) is 16.1. The lowest BCUT2D eigenvalue weighted by Gasteiger charge is -2.28. The zero-order chi connectivity index (χ0) is 19.9. The topological polar surface area (TPSA) is 91.3 Å². The Labute approximate surface area is 164 Å². The van der Waals surface area contributed by atoms with Crippen molar-refractivity contribution in [2.24, 2.45) is 10.9 Å². The third-order valence-electron chi connectivity index (χ3n) is 4.86. The van der Waals surface area contributed by atoms with Gasteiger partial charge in [0.05, 0.1) is 18.8 Å². The second kappa shape index (κ2) is 9.45. The number of benzene rings is 1. The molecular formula is C20H26N4O4. The molecule has 0 bridgehead atoms. The molecule has 0 saturated carbocycles. The van der Waals surface area contributed by atoms with Crippen molar-refractivity contribution in [2.75, 3.05) is 37.7 Å². The van der Waals surface area contributed by atoms with Crippen LogP contribution in [-0.2, 0) is 9.59 Å². The van der Waals surface area contributed by atoms with E-state index in [1.807, 2.05) is 6.92 Å². The highest BCUT2D eigenvalue weighted by Gasteiger charge is 2.40. The number of rotatable bonds is 7. The van der Waals surface area contributed by atoms with Crippen LogP contribution in [-0.4, -0.2) is 61.7 Å². The fraction of sp³-hybridized carbons (Fsp3) is 0.500. The van der Waals surface area contributed by atoms with E-state index in [1.54, 1.807) is 24.3 Å². The van der Waals surface area contributed by atoms with Crippen LogP contribution in [0.25, 0.3) is 0 Å². The summed E-state index contributed by atoms with van der Waals surface area (Å²) in [6.45, 7) is 5.86. The van der Waals surface area contributed by atoms with Crippen molar-refractivity contribution in [1.29, 1.82) is 0 Å². The number of urea groups is 1. The van der Waals surface area contributed by atoms with E-state index in [1.165, 1.54) is 25.5 Å². The summed E-state index contributed by atoms with van der Waals surface area (Å²) in [7, 11) is 0. The normalized spacial score (nSPS) is 21.2. The molecule has 0 radical (unpaired) electrons. The average molecular weight is 386 g/mol. The number of aliphatic imine (C=N–C) groups is 1. The Morgan fingerprint density at radius 2 is 1.86 bits per heavy atom. The highest BCUT2D eigenvalue weighted by atomic mass is 16.5. The van der Waals surface area contributed by atoms with Gasteiger partial charge in [0.15, 0.2) is 5.92 Å². The standard InChI is InChI=1S/C20H26N4O4/c1-2-28-16-8-6-15(7-9-16)24-19(26)17(18(25)22-20(24)27)14-21-10-13-23-11-4-3-5-12-23/h6-9,14,17H,2-5,10-13H2,1H3,(H,22,25,27)/t17-/m1/s1. The Balaban J connectivity index is 1.64. The van der Waals surface area contributed by atoms with Crippen LogP contribution < -0.4 is 15.0 Å². The van der Waals surface area contributed by atoms with Crippen LogP contribution in [0, 0.1) is 5.92 Å². The summed E-state index contributed by atoms with van der Waals surface area (Å²) in [4.78, 5) is 44.7. The highest BCUT2D eigenvalue weighted by Crippen LogP contribution is 2.23. The number of carbonyl (C=O) groups is 3. The molecular weight excluding hydrogens is 360 g/mol. The van der Waals surface area contributed by atoms with Gasteiger partial charge in [-0.1, -0.05) is 6.42 Å². The van der Waals surface area contributed by atoms with Crippen LogP contribution in [0.2, 0.25) is 0 Å². The molecule has 0 spiro atoms. The largest absolute Gasteiger partial charge is 0.494 e. The monoisotopic (exact) mass is 386 g/mol. The van der Waals surface area contributed by atoms with Crippen molar-refractivity contribution < 1.29 is 19.1 Å². The summed E-state index contributed by atoms with van der Waals surface area (Å²) in [5, 5.41) is 2.23. The Morgan fingerprint density at radius 1 is 1.14 bits per heavy atom. The summed E-state index contributed by atoms with van der Waals surface area (Å²) >= 11 is 0. The molecule has 0 aliphatic carbocycles. The Kier molecular flexibility index (Phi) is 6.76. The van der Waals surface area contributed by atoms with E-state index in [2.05, 4.69) is 15.2 Å². The number of likely N-dealkylation sites (tertiary alicyclic amines) is 1. The first-order valence-electron chi connectivity index (χ1n) is 9.74. The summed E-state index contributed by atoms with van der Waals surface area (Å²) in [5.74, 6) is -1.70. The second-order valence-electron chi connectivity index (χ2n) is 6.83. The number of nitrogens with zero attached hydrogens (tertiary/aromatic N) is 3. The number of anilines is 1. The number of hydrogen-bond acceptors (Lipinski definition) is 6. The van der Waals surface area contributed by atoms with Crippen molar-refractivity contribution in [2.45, 2.75) is 26.2 Å². The first kappa shape index (κ1) is 20.0. The average Bonchev–Trinajstić information content (AvgIpc) is 2.69. The van der Waals surface area contributed by atoms with E-state index in [9.17, 15) is 14.4 Å². The van der Waals surface area contributed by atoms with Crippen molar-refractivity contribution in [3.05, 3.63) is 24.3 Å². The predicted molar refractivity (Wildman–Crippen MR) is 106 cm³/mol. The molecule has 2 heterocycles. The molecule has 2 fully saturated rings. The number of amides is 4. The fourth-order valence-corrected chi connectivity index (χ4v) is 3.39. The number of ether oxygens (including phenoxy) is 1. The van der Waals surface area contributed by atoms with E-state index in [4.69, 9.17) is 4.74 Å². The van der Waals surface area contributed by atoms with Gasteiger partial charge in [-0.3, -0.25) is 19.9 Å². The van der Waals surface area contributed by atoms with E-state index >= 15 is 0 Å². The molecule has 1 aromatic carbocycles. The minimum atomic E-state index is -1.11. The van der Waals surface area contributed by atoms with Crippen LogP contribution >= 0.6 is 0 Å². The maximum absolute atomic E-state index is 12.8. The molecule has 2 aliphatic heterocycles. The third kappa shape index (κ3) is 4.75. The van der Waals surface area contributed by atoms with E-state index in [-0.39, 0.29) is 0 Å². The number of imide groups is 2. The van der Waals surface area contributed by atoms with Gasteiger partial charge in [0, 0.05) is 12.8 Å². The molecule has 8 nitrogen and oxygen atoms in total. The van der Waals surface area contributed by atoms with Gasteiger partial charge in [-0.25, -0.2) is 9.69 Å². The number of carbonyl (C=O) groups excluding carboxylic acids is 3. The first-order valence-corrected chi connectivity index (χ1v) is 9.74. The van der Waals surface area contributed by atoms with Gasteiger partial charge in [-0.2, -0.15) is 0 Å². The Bertz CT molecular complexity index is 741. The maximum atomic E-state index is 12.8. The Hall–Kier alpha value is -2.74. The summed E-state index contributed by atoms with van der Waals surface area (Å²) in [5.41, 5.74) is 0.380. The van der Waals surface area contributed by atoms with E-state index < -0.39 is 23.8 Å². The molecule has 0 unspecified atom stereocenters. The van der Waals surface area contributed by atoms with Crippen molar-refractivity contribution in [3.63, 3.8) is 0 Å². The van der Waals surface area contributed by atoms with Gasteiger partial charge in [-0.05, 0) is 57.1 Å². The van der Waals surface area contributed by atoms with Crippen LogP contribution in [0.5, 0.6) is 5.75 Å². The van der Waals surface area contributed by atoms with Crippen molar-refractivity contribution in [3.8, 4) is 5.75 Å². The molecule has 28 heavy (non-hydrogen) atoms. The van der Waals surface area contributed by atoms with Gasteiger partial charge in [0.2, 0.25) is 5.91 Å². The van der Waals surface area contributed by atoms with Gasteiger partial charge >= 0.3 is 6.03 Å². The lowest BCUT2D eigenvalue weighted by molar-refractivity contribution is -0.131. The molecule has 8 heteroatoms. The SMILES string of the molecule is CCOc1ccc(N2C(=O)NC(=O)[C@@H](C=NCCN3CCCCC3)C2=O)cc1. The van der Waals surface area contributed by atoms with Gasteiger partial charge in [0.1, 0.15) is 5.75 Å². The number of piperidine rings is 1. The summed E-state index contributed by atoms with van der Waals surface area (Å²) in [6.07, 6.45) is 5.03. The smallest absolute Gasteiger partial charge is 0.335 e. The zero-order valence-electron chi connectivity index (χ0n) is 16.1. The third-order valence-corrected chi connectivity index (χ3v) is 4.86. The minimum absolute atomic E-state index is 0.380. The molecule has 4 amide bonds. The van der Waals surface area contributed by atoms with Crippen molar-refractivity contribution >= 4 is 29.7 Å². The summed E-state index contributed by atoms with van der Waals surface area (Å²) in [6, 6.07) is 5.83. The second-order valence-corrected chi connectivity index (χ2v) is 6.83. The maximum Gasteiger partial charge on any atom is 0.335 e.